The monoisotopic (exact) mass is 322 g/mol. The topological polar surface area (TPSA) is 20.3 Å². The minimum Gasteiger partial charge on any atom is -0.372 e. The number of hydrogen-bond acceptors (Lipinski definition) is 2. The van der Waals surface area contributed by atoms with E-state index in [9.17, 15) is 4.79 Å². The summed E-state index contributed by atoms with van der Waals surface area (Å²) in [6.45, 7) is 8.79. The van der Waals surface area contributed by atoms with E-state index in [1.54, 1.807) is 0 Å². The Morgan fingerprint density at radius 1 is 1.25 bits per heavy atom. The van der Waals surface area contributed by atoms with Crippen LogP contribution in [0.3, 0.4) is 0 Å². The number of aldehydes is 1. The summed E-state index contributed by atoms with van der Waals surface area (Å²) in [5.74, 6) is 3.34. The van der Waals surface area contributed by atoms with Crippen molar-refractivity contribution in [2.45, 2.75) is 40.0 Å². The molecule has 2 heteroatoms. The molecule has 2 aromatic rings. The lowest BCUT2D eigenvalue weighted by Crippen LogP contribution is -2.25. The molecule has 0 spiro atoms. The Labute approximate surface area is 147 Å². The van der Waals surface area contributed by atoms with Crippen molar-refractivity contribution >= 4 is 22.7 Å². The molecule has 0 aromatic heterocycles. The Morgan fingerprint density at radius 3 is 2.62 bits per heavy atom. The zero-order valence-electron chi connectivity index (χ0n) is 16.0. The summed E-state index contributed by atoms with van der Waals surface area (Å²) >= 11 is 0. The van der Waals surface area contributed by atoms with Crippen LogP contribution >= 0.6 is 0 Å². The molecule has 0 aliphatic carbocycles. The van der Waals surface area contributed by atoms with Crippen molar-refractivity contribution < 1.29 is 6.22 Å². The summed E-state index contributed by atoms with van der Waals surface area (Å²) < 4.78 is 0. The highest BCUT2D eigenvalue weighted by Crippen LogP contribution is 2.27. The molecule has 0 N–H and O–H groups in total. The Morgan fingerprint density at radius 2 is 2.00 bits per heavy atom. The molecule has 0 atom stereocenters. The molecule has 0 aliphatic rings. The molecule has 0 heterocycles. The maximum Gasteiger partial charge on any atom is 0.151 e. The third-order valence-electron chi connectivity index (χ3n) is 4.39. The summed E-state index contributed by atoms with van der Waals surface area (Å²) in [6, 6.07) is 10.2. The summed E-state index contributed by atoms with van der Waals surface area (Å²) in [4.78, 5) is 14.0. The number of benzene rings is 2. The van der Waals surface area contributed by atoms with Crippen molar-refractivity contribution in [2.75, 3.05) is 18.0 Å². The lowest BCUT2D eigenvalue weighted by molar-refractivity contribution is 0.112. The van der Waals surface area contributed by atoms with Gasteiger partial charge in [-0.25, -0.2) is 0 Å². The van der Waals surface area contributed by atoms with E-state index in [0.717, 1.165) is 42.5 Å². The third kappa shape index (κ3) is 4.17. The van der Waals surface area contributed by atoms with Crippen molar-refractivity contribution in [3.05, 3.63) is 41.5 Å². The van der Waals surface area contributed by atoms with Crippen LogP contribution in [0.25, 0.3) is 10.8 Å². The van der Waals surface area contributed by atoms with Gasteiger partial charge in [0.1, 0.15) is 0 Å². The van der Waals surface area contributed by atoms with E-state index >= 15 is 0 Å². The first-order valence-corrected chi connectivity index (χ1v) is 8.84. The number of carbonyl (C=O) groups excluding carboxylic acids is 1. The molecule has 127 valence electrons. The van der Waals surface area contributed by atoms with E-state index in [-0.39, 0.29) is 1.43 Å². The van der Waals surface area contributed by atoms with Gasteiger partial charge in [-0.15, -0.1) is 6.42 Å². The average molecular weight is 322 g/mol. The number of terminal acetylenes is 1. The van der Waals surface area contributed by atoms with Gasteiger partial charge in [-0.3, -0.25) is 4.79 Å². The third-order valence-corrected chi connectivity index (χ3v) is 4.39. The van der Waals surface area contributed by atoms with Gasteiger partial charge in [0.05, 0.1) is 0 Å². The molecule has 0 saturated heterocycles. The van der Waals surface area contributed by atoms with Gasteiger partial charge in [0.15, 0.2) is 6.29 Å². The fourth-order valence-corrected chi connectivity index (χ4v) is 3.11. The van der Waals surface area contributed by atoms with Gasteiger partial charge >= 0.3 is 0 Å². The maximum absolute atomic E-state index is 11.5. The first kappa shape index (κ1) is 18.1. The largest absolute Gasteiger partial charge is 0.372 e. The minimum absolute atomic E-state index is 0. The molecular formula is C22H28NO. The van der Waals surface area contributed by atoms with Crippen LogP contribution in [0.4, 0.5) is 5.69 Å². The summed E-state index contributed by atoms with van der Waals surface area (Å²) in [5.41, 5.74) is 2.46. The number of rotatable bonds is 8. The smallest absolute Gasteiger partial charge is 0.151 e. The van der Waals surface area contributed by atoms with Gasteiger partial charge in [0.25, 0.3) is 0 Å². The van der Waals surface area contributed by atoms with Crippen LogP contribution in [0.5, 0.6) is 0 Å². The molecule has 0 aliphatic heterocycles. The van der Waals surface area contributed by atoms with Crippen LogP contribution in [0.1, 0.15) is 57.4 Å². The molecule has 24 heavy (non-hydrogen) atoms. The second kappa shape index (κ2) is 8.55. The molecule has 0 amide bonds. The van der Waals surface area contributed by atoms with Crippen LogP contribution in [-0.4, -0.2) is 19.4 Å². The number of carbonyl (C=O) groups is 1. The molecular weight excluding hydrogens is 294 g/mol. The van der Waals surface area contributed by atoms with Crippen LogP contribution in [0.15, 0.2) is 30.3 Å². The zero-order valence-corrected chi connectivity index (χ0v) is 15.0. The van der Waals surface area contributed by atoms with Crippen molar-refractivity contribution in [1.29, 1.82) is 0 Å². The fraction of sp³-hybridized carbons (Fsp3) is 0.409. The highest BCUT2D eigenvalue weighted by Gasteiger charge is 2.10. The fourth-order valence-electron chi connectivity index (χ4n) is 3.11. The highest BCUT2D eigenvalue weighted by molar-refractivity contribution is 6.01. The van der Waals surface area contributed by atoms with Crippen LogP contribution in [0.2, 0.25) is 0 Å². The van der Waals surface area contributed by atoms with Crippen molar-refractivity contribution in [2.24, 2.45) is 5.92 Å². The number of hydrogen-bond donors (Lipinski definition) is 0. The molecule has 0 saturated carbocycles. The second-order valence-corrected chi connectivity index (χ2v) is 6.72. The number of nitrogens with zero attached hydrogens (tertiary/aromatic N) is 1. The molecule has 1 radical (unpaired) electrons. The number of anilines is 1. The summed E-state index contributed by atoms with van der Waals surface area (Å²) in [7, 11) is 0. The van der Waals surface area contributed by atoms with E-state index < -0.39 is 0 Å². The Balaban J connectivity index is 0.00000312. The second-order valence-electron chi connectivity index (χ2n) is 6.72. The van der Waals surface area contributed by atoms with Gasteiger partial charge in [-0.1, -0.05) is 38.8 Å². The van der Waals surface area contributed by atoms with E-state index in [2.05, 4.69) is 49.8 Å². The number of fused-ring (bicyclic) bond motifs is 1. The van der Waals surface area contributed by atoms with E-state index in [4.69, 9.17) is 6.42 Å². The molecule has 2 nitrogen and oxygen atoms in total. The normalized spacial score (nSPS) is 10.8. The first-order valence-electron chi connectivity index (χ1n) is 8.84. The molecule has 0 fully saturated rings. The molecule has 2 aromatic carbocycles. The van der Waals surface area contributed by atoms with E-state index in [1.807, 2.05) is 12.1 Å². The Kier molecular flexibility index (Phi) is 6.44. The predicted molar refractivity (Wildman–Crippen MR) is 105 cm³/mol. The van der Waals surface area contributed by atoms with Gasteiger partial charge < -0.3 is 4.90 Å². The van der Waals surface area contributed by atoms with Gasteiger partial charge in [0.2, 0.25) is 0 Å². The Bertz CT molecular complexity index is 746. The van der Waals surface area contributed by atoms with E-state index in [1.165, 1.54) is 18.5 Å². The molecule has 0 bridgehead atoms. The molecule has 0 unspecified atom stereocenters. The van der Waals surface area contributed by atoms with E-state index in [0.29, 0.717) is 11.1 Å². The average Bonchev–Trinajstić information content (AvgIpc) is 2.59. The van der Waals surface area contributed by atoms with Crippen LogP contribution in [0, 0.1) is 18.3 Å². The SMILES string of the molecule is C#Cc1ccc2ccc(N(CCC)CCCC(C)C)cc2c1C=O.[H]. The summed E-state index contributed by atoms with van der Waals surface area (Å²) in [5, 5.41) is 2.00. The van der Waals surface area contributed by atoms with Crippen LogP contribution < -0.4 is 4.90 Å². The van der Waals surface area contributed by atoms with Crippen molar-refractivity contribution in [3.8, 4) is 12.3 Å². The minimum atomic E-state index is 0. The maximum atomic E-state index is 11.5. The van der Waals surface area contributed by atoms with Crippen molar-refractivity contribution in [1.82, 2.24) is 0 Å². The quantitative estimate of drug-likeness (QED) is 0.479. The van der Waals surface area contributed by atoms with Crippen LogP contribution in [-0.2, 0) is 0 Å². The van der Waals surface area contributed by atoms with Gasteiger partial charge in [-0.2, -0.15) is 0 Å². The van der Waals surface area contributed by atoms with Gasteiger partial charge in [0, 0.05) is 31.3 Å². The lowest BCUT2D eigenvalue weighted by Gasteiger charge is -2.25. The predicted octanol–water partition coefficient (Wildman–Crippen LogP) is 5.40. The molecule has 2 rings (SSSR count). The van der Waals surface area contributed by atoms with Gasteiger partial charge in [-0.05, 0) is 54.2 Å². The first-order chi connectivity index (χ1) is 11.6. The van der Waals surface area contributed by atoms with Crippen molar-refractivity contribution in [3.63, 3.8) is 0 Å². The summed E-state index contributed by atoms with van der Waals surface area (Å²) in [6.07, 6.45) is 9.93. The Hall–Kier alpha value is -2.27. The standard InChI is InChI=1S/C22H27NO.H/c1-5-13-23(14-7-8-17(3)4)20-12-11-19-10-9-18(6-2)22(16-24)21(19)15-20;/h2,9-12,15-17H,5,7-8,13-14H2,1,3-4H3;. The zero-order chi connectivity index (χ0) is 17.5. The highest BCUT2D eigenvalue weighted by atomic mass is 16.1. The lowest BCUT2D eigenvalue weighted by atomic mass is 9.99.